The minimum Gasteiger partial charge on any atom is -0.475 e. The fraction of sp³-hybridized carbons (Fsp3) is 0.381. The first-order valence-electron chi connectivity index (χ1n) is 9.98. The highest BCUT2D eigenvalue weighted by atomic mass is 32.1. The topological polar surface area (TPSA) is 90.9 Å². The molecular weight excluding hydrogens is 441 g/mol. The zero-order chi connectivity index (χ0) is 23.5. The molecule has 3 N–H and O–H groups in total. The summed E-state index contributed by atoms with van der Waals surface area (Å²) in [6.45, 7) is 5.86. The van der Waals surface area contributed by atoms with Gasteiger partial charge in [-0.05, 0) is 43.5 Å². The molecule has 0 amide bonds. The fourth-order valence-corrected chi connectivity index (χ4v) is 3.47. The van der Waals surface area contributed by atoms with E-state index >= 15 is 0 Å². The molecule has 0 saturated heterocycles. The minimum atomic E-state index is -4.60. The molecule has 1 unspecified atom stereocenters. The molecule has 1 aromatic carbocycles. The van der Waals surface area contributed by atoms with E-state index in [2.05, 4.69) is 46.9 Å². The Balaban J connectivity index is 1.82. The SMILES string of the molecule is Cc1cc(C(F)(F)F)n(-c2cc(OCC(CC(C)C)Nc3cccc(S)c3)nc(N)n2)n1. The molecular formula is C21H25F3N6OS. The number of ether oxygens (including phenoxy) is 1. The van der Waals surface area contributed by atoms with Crippen LogP contribution in [0.3, 0.4) is 0 Å². The van der Waals surface area contributed by atoms with Crippen molar-refractivity contribution in [3.05, 3.63) is 47.8 Å². The maximum atomic E-state index is 13.4. The number of thiol groups is 1. The number of hydrogen-bond acceptors (Lipinski definition) is 7. The van der Waals surface area contributed by atoms with Crippen molar-refractivity contribution in [1.29, 1.82) is 0 Å². The lowest BCUT2D eigenvalue weighted by molar-refractivity contribution is -0.142. The molecule has 0 bridgehead atoms. The van der Waals surface area contributed by atoms with E-state index in [1.54, 1.807) is 0 Å². The van der Waals surface area contributed by atoms with Crippen LogP contribution in [0.25, 0.3) is 5.82 Å². The highest BCUT2D eigenvalue weighted by molar-refractivity contribution is 7.80. The van der Waals surface area contributed by atoms with Gasteiger partial charge in [-0.3, -0.25) is 0 Å². The number of halogens is 3. The summed E-state index contributed by atoms with van der Waals surface area (Å²) in [7, 11) is 0. The van der Waals surface area contributed by atoms with Crippen molar-refractivity contribution in [2.24, 2.45) is 5.92 Å². The van der Waals surface area contributed by atoms with Crippen LogP contribution in [0.2, 0.25) is 0 Å². The number of alkyl halides is 3. The van der Waals surface area contributed by atoms with Gasteiger partial charge in [0.1, 0.15) is 12.3 Å². The van der Waals surface area contributed by atoms with E-state index in [4.69, 9.17) is 10.5 Å². The maximum Gasteiger partial charge on any atom is 0.433 e. The van der Waals surface area contributed by atoms with Crippen LogP contribution in [0.1, 0.15) is 31.7 Å². The third-order valence-corrected chi connectivity index (χ3v) is 4.73. The van der Waals surface area contributed by atoms with Gasteiger partial charge in [0.05, 0.1) is 11.7 Å². The van der Waals surface area contributed by atoms with E-state index in [1.165, 1.54) is 13.0 Å². The van der Waals surface area contributed by atoms with E-state index in [0.29, 0.717) is 10.6 Å². The average molecular weight is 467 g/mol. The minimum absolute atomic E-state index is 0.0623. The summed E-state index contributed by atoms with van der Waals surface area (Å²) in [5.41, 5.74) is 5.87. The Bertz CT molecular complexity index is 1070. The summed E-state index contributed by atoms with van der Waals surface area (Å²) in [4.78, 5) is 8.74. The van der Waals surface area contributed by atoms with Gasteiger partial charge < -0.3 is 15.8 Å². The number of nitrogens with two attached hydrogens (primary N) is 1. The van der Waals surface area contributed by atoms with Crippen LogP contribution >= 0.6 is 12.6 Å². The van der Waals surface area contributed by atoms with Crippen LogP contribution in [0.5, 0.6) is 5.88 Å². The summed E-state index contributed by atoms with van der Waals surface area (Å²) in [6.07, 6.45) is -3.81. The van der Waals surface area contributed by atoms with Gasteiger partial charge in [0.15, 0.2) is 5.82 Å². The van der Waals surface area contributed by atoms with Crippen molar-refractivity contribution in [3.63, 3.8) is 0 Å². The van der Waals surface area contributed by atoms with E-state index in [0.717, 1.165) is 23.1 Å². The molecule has 3 aromatic rings. The molecule has 7 nitrogen and oxygen atoms in total. The average Bonchev–Trinajstić information content (AvgIpc) is 3.08. The first kappa shape index (κ1) is 23.7. The summed E-state index contributed by atoms with van der Waals surface area (Å²) < 4.78 is 46.6. The molecule has 2 heterocycles. The van der Waals surface area contributed by atoms with Gasteiger partial charge in [0.25, 0.3) is 0 Å². The van der Waals surface area contributed by atoms with Crippen molar-refractivity contribution in [2.45, 2.75) is 44.3 Å². The number of anilines is 2. The lowest BCUT2D eigenvalue weighted by atomic mass is 10.0. The second kappa shape index (κ2) is 9.68. The van der Waals surface area contributed by atoms with Gasteiger partial charge in [0, 0.05) is 16.6 Å². The molecule has 32 heavy (non-hydrogen) atoms. The molecule has 0 spiro atoms. The predicted octanol–water partition coefficient (Wildman–Crippen LogP) is 4.77. The van der Waals surface area contributed by atoms with E-state index in [-0.39, 0.29) is 36.0 Å². The van der Waals surface area contributed by atoms with Crippen molar-refractivity contribution < 1.29 is 17.9 Å². The molecule has 0 radical (unpaired) electrons. The molecule has 3 rings (SSSR count). The van der Waals surface area contributed by atoms with Gasteiger partial charge in [0.2, 0.25) is 11.8 Å². The lowest BCUT2D eigenvalue weighted by Gasteiger charge is -2.22. The number of hydrogen-bond donors (Lipinski definition) is 3. The number of nitrogens with zero attached hydrogens (tertiary/aromatic N) is 4. The Morgan fingerprint density at radius 1 is 1.19 bits per heavy atom. The third-order valence-electron chi connectivity index (χ3n) is 4.45. The number of nitrogens with one attached hydrogen (secondary N) is 1. The van der Waals surface area contributed by atoms with Gasteiger partial charge in [-0.1, -0.05) is 19.9 Å². The van der Waals surface area contributed by atoms with Crippen LogP contribution in [0.4, 0.5) is 24.8 Å². The first-order valence-corrected chi connectivity index (χ1v) is 10.4. The Labute approximate surface area is 189 Å². The first-order chi connectivity index (χ1) is 15.0. The Morgan fingerprint density at radius 3 is 2.59 bits per heavy atom. The highest BCUT2D eigenvalue weighted by Gasteiger charge is 2.36. The molecule has 0 fully saturated rings. The summed E-state index contributed by atoms with van der Waals surface area (Å²) in [5.74, 6) is 0.106. The van der Waals surface area contributed by atoms with Crippen molar-refractivity contribution in [3.8, 4) is 11.7 Å². The summed E-state index contributed by atoms with van der Waals surface area (Å²) in [5, 5.41) is 7.30. The van der Waals surface area contributed by atoms with E-state index in [1.807, 2.05) is 24.3 Å². The Morgan fingerprint density at radius 2 is 1.94 bits per heavy atom. The molecule has 2 aromatic heterocycles. The summed E-state index contributed by atoms with van der Waals surface area (Å²) >= 11 is 4.35. The molecule has 0 aliphatic heterocycles. The smallest absolute Gasteiger partial charge is 0.433 e. The van der Waals surface area contributed by atoms with E-state index in [9.17, 15) is 13.2 Å². The standard InChI is InChI=1S/C21H25F3N6OS/c1-12(2)7-15(26-14-5-4-6-16(32)9-14)11-31-19-10-18(27-20(25)28-19)30-17(21(22,23)24)8-13(3)29-30/h4-6,8-10,12,15,26,32H,7,11H2,1-3H3,(H2,25,27,28). The maximum absolute atomic E-state index is 13.4. The Kier molecular flexibility index (Phi) is 7.17. The van der Waals surface area contributed by atoms with Gasteiger partial charge in [-0.25, -0.2) is 4.68 Å². The van der Waals surface area contributed by atoms with Crippen LogP contribution < -0.4 is 15.8 Å². The quantitative estimate of drug-likeness (QED) is 0.415. The van der Waals surface area contributed by atoms with Crippen molar-refractivity contribution in [1.82, 2.24) is 19.7 Å². The third kappa shape index (κ3) is 6.28. The van der Waals surface area contributed by atoms with Crippen LogP contribution in [0, 0.1) is 12.8 Å². The monoisotopic (exact) mass is 466 g/mol. The highest BCUT2D eigenvalue weighted by Crippen LogP contribution is 2.31. The number of aromatic nitrogens is 4. The second-order valence-electron chi connectivity index (χ2n) is 7.84. The molecule has 1 atom stereocenters. The molecule has 172 valence electrons. The summed E-state index contributed by atoms with van der Waals surface area (Å²) in [6, 6.07) is 9.74. The van der Waals surface area contributed by atoms with Crippen LogP contribution in [0.15, 0.2) is 41.3 Å². The largest absolute Gasteiger partial charge is 0.475 e. The van der Waals surface area contributed by atoms with Crippen LogP contribution in [-0.4, -0.2) is 32.4 Å². The molecule has 0 saturated carbocycles. The number of aryl methyl sites for hydroxylation is 1. The number of benzene rings is 1. The lowest BCUT2D eigenvalue weighted by Crippen LogP contribution is -2.29. The van der Waals surface area contributed by atoms with Crippen LogP contribution in [-0.2, 0) is 6.18 Å². The fourth-order valence-electron chi connectivity index (χ4n) is 3.24. The zero-order valence-corrected chi connectivity index (χ0v) is 18.8. The molecule has 0 aliphatic carbocycles. The van der Waals surface area contributed by atoms with E-state index < -0.39 is 11.9 Å². The predicted molar refractivity (Wildman–Crippen MR) is 119 cm³/mol. The Hall–Kier alpha value is -2.95. The van der Waals surface area contributed by atoms with Gasteiger partial charge in [-0.15, -0.1) is 12.6 Å². The number of nitrogen functional groups attached to an aromatic ring is 1. The van der Waals surface area contributed by atoms with Crippen molar-refractivity contribution in [2.75, 3.05) is 17.7 Å². The second-order valence-corrected chi connectivity index (χ2v) is 8.35. The van der Waals surface area contributed by atoms with Gasteiger partial charge in [-0.2, -0.15) is 28.2 Å². The zero-order valence-electron chi connectivity index (χ0n) is 17.9. The number of rotatable bonds is 8. The normalized spacial score (nSPS) is 12.8. The molecule has 0 aliphatic rings. The van der Waals surface area contributed by atoms with Gasteiger partial charge >= 0.3 is 6.18 Å². The molecule has 11 heteroatoms. The van der Waals surface area contributed by atoms with Crippen molar-refractivity contribution >= 4 is 24.3 Å².